The first-order valence-corrected chi connectivity index (χ1v) is 10.1. The van der Waals surface area contributed by atoms with Crippen LogP contribution in [0.2, 0.25) is 0 Å². The van der Waals surface area contributed by atoms with E-state index in [0.717, 1.165) is 17.7 Å². The molecule has 0 saturated carbocycles. The number of hydrogen-bond acceptors (Lipinski definition) is 3. The summed E-state index contributed by atoms with van der Waals surface area (Å²) in [5.74, 6) is -0.522. The molecule has 29 heavy (non-hydrogen) atoms. The standard InChI is InChI=1S/C23H25N3O3/c1-16(17-8-3-2-4-9-17)26-15-18(14-22(26)28)23(29)24-19-10-5-6-11-20(19)25-13-7-12-21(25)27/h2-6,8-11,16,18H,7,12-15H2,1H3,(H,24,29)/t16-,18+/m0/s1. The van der Waals surface area contributed by atoms with E-state index in [-0.39, 0.29) is 30.2 Å². The molecule has 0 radical (unpaired) electrons. The maximum Gasteiger partial charge on any atom is 0.229 e. The van der Waals surface area contributed by atoms with Gasteiger partial charge < -0.3 is 15.1 Å². The number of para-hydroxylation sites is 2. The number of benzene rings is 2. The van der Waals surface area contributed by atoms with Crippen molar-refractivity contribution in [2.45, 2.75) is 32.2 Å². The van der Waals surface area contributed by atoms with Crippen LogP contribution in [-0.2, 0) is 14.4 Å². The van der Waals surface area contributed by atoms with Gasteiger partial charge >= 0.3 is 0 Å². The first-order valence-electron chi connectivity index (χ1n) is 10.1. The number of anilines is 2. The molecule has 2 fully saturated rings. The highest BCUT2D eigenvalue weighted by atomic mass is 16.2. The Bertz CT molecular complexity index is 928. The Morgan fingerprint density at radius 3 is 2.48 bits per heavy atom. The molecule has 3 amide bonds. The van der Waals surface area contributed by atoms with Gasteiger partial charge in [-0.05, 0) is 31.0 Å². The number of rotatable bonds is 5. The van der Waals surface area contributed by atoms with Gasteiger partial charge in [-0.2, -0.15) is 0 Å². The molecule has 2 heterocycles. The summed E-state index contributed by atoms with van der Waals surface area (Å²) in [6, 6.07) is 17.1. The third-order valence-electron chi connectivity index (χ3n) is 5.80. The number of hydrogen-bond donors (Lipinski definition) is 1. The summed E-state index contributed by atoms with van der Waals surface area (Å²) in [7, 11) is 0. The Hall–Kier alpha value is -3.15. The average molecular weight is 391 g/mol. The van der Waals surface area contributed by atoms with Crippen molar-refractivity contribution in [1.29, 1.82) is 0 Å². The highest BCUT2D eigenvalue weighted by molar-refractivity contribution is 6.03. The minimum atomic E-state index is -0.406. The van der Waals surface area contributed by atoms with Gasteiger partial charge in [0.1, 0.15) is 0 Å². The highest BCUT2D eigenvalue weighted by Crippen LogP contribution is 2.32. The number of carbonyl (C=O) groups excluding carboxylic acids is 3. The summed E-state index contributed by atoms with van der Waals surface area (Å²) in [6.07, 6.45) is 1.56. The fourth-order valence-corrected chi connectivity index (χ4v) is 4.15. The molecule has 2 aliphatic heterocycles. The van der Waals surface area contributed by atoms with Gasteiger partial charge in [-0.25, -0.2) is 0 Å². The molecule has 2 atom stereocenters. The minimum Gasteiger partial charge on any atom is -0.335 e. The lowest BCUT2D eigenvalue weighted by Gasteiger charge is -2.25. The highest BCUT2D eigenvalue weighted by Gasteiger charge is 2.37. The van der Waals surface area contributed by atoms with Gasteiger partial charge in [0.15, 0.2) is 0 Å². The Morgan fingerprint density at radius 1 is 1.03 bits per heavy atom. The Labute approximate surface area is 170 Å². The van der Waals surface area contributed by atoms with Gasteiger partial charge in [-0.3, -0.25) is 14.4 Å². The fraction of sp³-hybridized carbons (Fsp3) is 0.348. The summed E-state index contributed by atoms with van der Waals surface area (Å²) in [4.78, 5) is 41.1. The normalized spacial score (nSPS) is 20.2. The maximum absolute atomic E-state index is 12.9. The van der Waals surface area contributed by atoms with E-state index in [1.165, 1.54) is 0 Å². The molecular weight excluding hydrogens is 366 g/mol. The van der Waals surface area contributed by atoms with E-state index in [4.69, 9.17) is 0 Å². The number of nitrogens with one attached hydrogen (secondary N) is 1. The molecule has 0 spiro atoms. The Kier molecular flexibility index (Phi) is 5.34. The molecule has 150 valence electrons. The van der Waals surface area contributed by atoms with Crippen molar-refractivity contribution in [1.82, 2.24) is 4.90 Å². The van der Waals surface area contributed by atoms with Gasteiger partial charge in [-0.1, -0.05) is 42.5 Å². The average Bonchev–Trinajstić information content (AvgIpc) is 3.34. The van der Waals surface area contributed by atoms with Crippen LogP contribution in [0.15, 0.2) is 54.6 Å². The van der Waals surface area contributed by atoms with Crippen molar-refractivity contribution in [2.24, 2.45) is 5.92 Å². The Morgan fingerprint density at radius 2 is 1.76 bits per heavy atom. The summed E-state index contributed by atoms with van der Waals surface area (Å²) in [6.45, 7) is 3.04. The van der Waals surface area contributed by atoms with Crippen molar-refractivity contribution in [3.05, 3.63) is 60.2 Å². The van der Waals surface area contributed by atoms with Crippen LogP contribution in [0.3, 0.4) is 0 Å². The molecule has 6 nitrogen and oxygen atoms in total. The molecule has 2 aromatic rings. The van der Waals surface area contributed by atoms with E-state index in [2.05, 4.69) is 5.32 Å². The van der Waals surface area contributed by atoms with Gasteiger partial charge in [0.05, 0.1) is 23.3 Å². The van der Waals surface area contributed by atoms with E-state index >= 15 is 0 Å². The van der Waals surface area contributed by atoms with Crippen LogP contribution in [0.1, 0.15) is 37.8 Å². The van der Waals surface area contributed by atoms with Gasteiger partial charge in [0, 0.05) is 25.9 Å². The molecule has 0 aliphatic carbocycles. The molecule has 2 saturated heterocycles. The van der Waals surface area contributed by atoms with E-state index in [1.807, 2.05) is 55.5 Å². The lowest BCUT2D eigenvalue weighted by molar-refractivity contribution is -0.129. The van der Waals surface area contributed by atoms with Crippen molar-refractivity contribution < 1.29 is 14.4 Å². The quantitative estimate of drug-likeness (QED) is 0.850. The van der Waals surface area contributed by atoms with Crippen molar-refractivity contribution in [3.8, 4) is 0 Å². The lowest BCUT2D eigenvalue weighted by Crippen LogP contribution is -2.31. The molecule has 2 aromatic carbocycles. The smallest absolute Gasteiger partial charge is 0.229 e. The molecule has 4 rings (SSSR count). The van der Waals surface area contributed by atoms with E-state index in [1.54, 1.807) is 15.9 Å². The van der Waals surface area contributed by atoms with Crippen LogP contribution in [0.4, 0.5) is 11.4 Å². The van der Waals surface area contributed by atoms with Crippen molar-refractivity contribution >= 4 is 29.1 Å². The van der Waals surface area contributed by atoms with Gasteiger partial charge in [0.2, 0.25) is 17.7 Å². The zero-order valence-corrected chi connectivity index (χ0v) is 16.5. The molecule has 0 aromatic heterocycles. The van der Waals surface area contributed by atoms with Crippen molar-refractivity contribution in [3.63, 3.8) is 0 Å². The second kappa shape index (κ2) is 8.07. The number of carbonyl (C=O) groups is 3. The van der Waals surface area contributed by atoms with Crippen LogP contribution < -0.4 is 10.2 Å². The summed E-state index contributed by atoms with van der Waals surface area (Å²) in [5, 5.41) is 2.96. The predicted molar refractivity (Wildman–Crippen MR) is 111 cm³/mol. The van der Waals surface area contributed by atoms with E-state index < -0.39 is 5.92 Å². The van der Waals surface area contributed by atoms with Gasteiger partial charge in [-0.15, -0.1) is 0 Å². The molecule has 0 bridgehead atoms. The topological polar surface area (TPSA) is 69.7 Å². The lowest BCUT2D eigenvalue weighted by atomic mass is 10.1. The summed E-state index contributed by atoms with van der Waals surface area (Å²) in [5.41, 5.74) is 2.40. The first-order chi connectivity index (χ1) is 14.0. The monoisotopic (exact) mass is 391 g/mol. The zero-order valence-electron chi connectivity index (χ0n) is 16.5. The molecular formula is C23H25N3O3. The van der Waals surface area contributed by atoms with E-state index in [9.17, 15) is 14.4 Å². The van der Waals surface area contributed by atoms with Gasteiger partial charge in [0.25, 0.3) is 0 Å². The largest absolute Gasteiger partial charge is 0.335 e. The number of likely N-dealkylation sites (tertiary alicyclic amines) is 1. The van der Waals surface area contributed by atoms with E-state index in [0.29, 0.717) is 25.2 Å². The van der Waals surface area contributed by atoms with Crippen LogP contribution in [0, 0.1) is 5.92 Å². The van der Waals surface area contributed by atoms with Crippen LogP contribution in [0.5, 0.6) is 0 Å². The summed E-state index contributed by atoms with van der Waals surface area (Å²) < 4.78 is 0. The van der Waals surface area contributed by atoms with Crippen LogP contribution in [0.25, 0.3) is 0 Å². The van der Waals surface area contributed by atoms with Crippen molar-refractivity contribution in [2.75, 3.05) is 23.3 Å². The molecule has 2 aliphatic rings. The number of amides is 3. The third kappa shape index (κ3) is 3.88. The second-order valence-electron chi connectivity index (χ2n) is 7.69. The SMILES string of the molecule is C[C@@H](c1ccccc1)N1C[C@H](C(=O)Nc2ccccc2N2CCCC2=O)CC1=O. The number of nitrogens with zero attached hydrogens (tertiary/aromatic N) is 2. The molecule has 0 unspecified atom stereocenters. The predicted octanol–water partition coefficient (Wildman–Crippen LogP) is 3.36. The third-order valence-corrected chi connectivity index (χ3v) is 5.80. The summed E-state index contributed by atoms with van der Waals surface area (Å²) >= 11 is 0. The zero-order chi connectivity index (χ0) is 20.4. The first kappa shape index (κ1) is 19.2. The second-order valence-corrected chi connectivity index (χ2v) is 7.69. The molecule has 1 N–H and O–H groups in total. The Balaban J connectivity index is 1.46. The van der Waals surface area contributed by atoms with Crippen LogP contribution >= 0.6 is 0 Å². The molecule has 6 heteroatoms. The maximum atomic E-state index is 12.9. The minimum absolute atomic E-state index is 0.00971. The van der Waals surface area contributed by atoms with Crippen LogP contribution in [-0.4, -0.2) is 35.7 Å². The fourth-order valence-electron chi connectivity index (χ4n) is 4.15.